The minimum Gasteiger partial charge on any atom is -1.00 e. The van der Waals surface area contributed by atoms with Crippen LogP contribution >= 0.6 is 0 Å². The Kier molecular flexibility index (Phi) is 160. The predicted octanol–water partition coefficient (Wildman–Crippen LogP) is -11.5. The molecule has 0 fully saturated rings. The third kappa shape index (κ3) is 17.7. The minimum atomic E-state index is 0. The van der Waals surface area contributed by atoms with Crippen LogP contribution in [-0.4, -0.2) is 0 Å². The summed E-state index contributed by atoms with van der Waals surface area (Å²) in [5.41, 5.74) is 0. The van der Waals surface area contributed by atoms with E-state index in [2.05, 4.69) is 0 Å². The Bertz CT molecular complexity index is 12.5. The molecule has 0 spiro atoms. The second-order valence-electron chi connectivity index (χ2n) is 0. The third-order valence-corrected chi connectivity index (χ3v) is 0. The summed E-state index contributed by atoms with van der Waals surface area (Å²) in [5, 5.41) is 0. The van der Waals surface area contributed by atoms with Crippen molar-refractivity contribution >= 4 is 0 Å². The molecule has 0 radical (unpaired) electrons. The smallest absolute Gasteiger partial charge is 1.00 e. The van der Waals surface area contributed by atoms with Crippen LogP contribution in [0, 0.1) is 0 Å². The Morgan fingerprint density at radius 3 is 0.600 bits per heavy atom. The first-order chi connectivity index (χ1) is 0. The van der Waals surface area contributed by atoms with Crippen LogP contribution in [0.1, 0.15) is 5.71 Å². The maximum atomic E-state index is 0. The molecule has 0 aliphatic heterocycles. The van der Waals surface area contributed by atoms with Crippen molar-refractivity contribution in [3.8, 4) is 0 Å². The van der Waals surface area contributed by atoms with Crippen molar-refractivity contribution in [1.82, 2.24) is 0 Å². The molecule has 0 unspecified atom stereocenters. The minimum absolute atomic E-state index is 0. The topological polar surface area (TPSA) is 0 Å². The molecule has 0 rings (SSSR count). The molecule has 0 aliphatic carbocycles. The van der Waals surface area contributed by atoms with E-state index in [4.69, 9.17) is 0 Å². The van der Waals surface area contributed by atoms with E-state index < -0.39 is 0 Å². The van der Waals surface area contributed by atoms with Crippen LogP contribution in [0.15, 0.2) is 0 Å². The zero-order valence-corrected chi connectivity index (χ0v) is 13.3. The molecule has 0 nitrogen and oxygen atoms in total. The van der Waals surface area contributed by atoms with Gasteiger partial charge in [0, 0.05) is 16.5 Å². The summed E-state index contributed by atoms with van der Waals surface area (Å²) in [6.07, 6.45) is 0. The second-order valence-corrected chi connectivity index (χ2v) is 0. The van der Waals surface area contributed by atoms with Gasteiger partial charge in [-0.1, -0.05) is 0 Å². The average Bonchev–Trinajstić information content (AvgIpc) is 0. The SMILES string of the molecule is [H-].[H-].[H-].[H-].[Na+].[Na+].[Na+].[Na+].[Ni]. The summed E-state index contributed by atoms with van der Waals surface area (Å²) in [5.74, 6) is 0. The Labute approximate surface area is 137 Å². The van der Waals surface area contributed by atoms with Gasteiger partial charge in [-0.05, 0) is 0 Å². The molecule has 0 aliphatic rings. The molecule has 0 aromatic rings. The molecule has 5 heteroatoms. The number of rotatable bonds is 0. The zero-order valence-electron chi connectivity index (χ0n) is 8.32. The quantitative estimate of drug-likeness (QED) is 0.304. The summed E-state index contributed by atoms with van der Waals surface area (Å²) < 4.78 is 0. The summed E-state index contributed by atoms with van der Waals surface area (Å²) in [6.45, 7) is 0. The fourth-order valence-corrected chi connectivity index (χ4v) is 0. The number of hydrogen-bond acceptors (Lipinski definition) is 0. The van der Waals surface area contributed by atoms with Crippen molar-refractivity contribution in [3.63, 3.8) is 0 Å². The maximum absolute atomic E-state index is 0. The summed E-state index contributed by atoms with van der Waals surface area (Å²) in [7, 11) is 0. The molecule has 0 heterocycles. The maximum Gasteiger partial charge on any atom is 1.00 e. The van der Waals surface area contributed by atoms with Crippen LogP contribution < -0.4 is 118 Å². The Morgan fingerprint density at radius 2 is 0.600 bits per heavy atom. The molecule has 0 amide bonds. The van der Waals surface area contributed by atoms with Crippen molar-refractivity contribution in [2.45, 2.75) is 0 Å². The van der Waals surface area contributed by atoms with E-state index in [1.165, 1.54) is 0 Å². The molecule has 0 aromatic carbocycles. The van der Waals surface area contributed by atoms with Gasteiger partial charge in [0.05, 0.1) is 0 Å². The van der Waals surface area contributed by atoms with Gasteiger partial charge in [-0.2, -0.15) is 0 Å². The van der Waals surface area contributed by atoms with Crippen molar-refractivity contribution in [2.24, 2.45) is 0 Å². The van der Waals surface area contributed by atoms with Crippen molar-refractivity contribution in [3.05, 3.63) is 0 Å². The van der Waals surface area contributed by atoms with Gasteiger partial charge in [0.25, 0.3) is 0 Å². The summed E-state index contributed by atoms with van der Waals surface area (Å²) >= 11 is 0. The van der Waals surface area contributed by atoms with Crippen LogP contribution in [0.3, 0.4) is 0 Å². The van der Waals surface area contributed by atoms with Gasteiger partial charge < -0.3 is 5.71 Å². The predicted molar refractivity (Wildman–Crippen MR) is 4.45 cm³/mol. The summed E-state index contributed by atoms with van der Waals surface area (Å²) in [6, 6.07) is 0. The molecule has 0 saturated heterocycles. The van der Waals surface area contributed by atoms with Crippen LogP contribution in [0.5, 0.6) is 0 Å². The Hall–Kier alpha value is 4.49. The monoisotopic (exact) mass is 154 g/mol. The first-order valence-electron chi connectivity index (χ1n) is 0. The number of hydrogen-bond donors (Lipinski definition) is 0. The van der Waals surface area contributed by atoms with Crippen LogP contribution in [0.4, 0.5) is 0 Å². The van der Waals surface area contributed by atoms with E-state index in [0.29, 0.717) is 0 Å². The summed E-state index contributed by atoms with van der Waals surface area (Å²) in [4.78, 5) is 0. The van der Waals surface area contributed by atoms with Gasteiger partial charge in [0.15, 0.2) is 0 Å². The standard InChI is InChI=1S/4Na.Ni.4H/q4*+1;;4*-1. The molecule has 0 saturated carbocycles. The third-order valence-electron chi connectivity index (χ3n) is 0. The molecular formula is H4Na4Ni. The fourth-order valence-electron chi connectivity index (χ4n) is 0. The van der Waals surface area contributed by atoms with Gasteiger partial charge in [-0.3, -0.25) is 0 Å². The fraction of sp³-hybridized carbons (Fsp3) is 0. The average molecular weight is 155 g/mol. The molecule has 0 N–H and O–H groups in total. The Morgan fingerprint density at radius 1 is 0.600 bits per heavy atom. The van der Waals surface area contributed by atoms with Gasteiger partial charge in [0.1, 0.15) is 0 Å². The van der Waals surface area contributed by atoms with E-state index in [9.17, 15) is 0 Å². The van der Waals surface area contributed by atoms with Crippen molar-refractivity contribution in [2.75, 3.05) is 0 Å². The van der Waals surface area contributed by atoms with E-state index in [-0.39, 0.29) is 140 Å². The van der Waals surface area contributed by atoms with Crippen LogP contribution in [0.2, 0.25) is 0 Å². The van der Waals surface area contributed by atoms with Crippen LogP contribution in [0.25, 0.3) is 0 Å². The van der Waals surface area contributed by atoms with Crippen molar-refractivity contribution < 1.29 is 140 Å². The first kappa shape index (κ1) is 33.9. The molecule has 0 atom stereocenters. The zero-order chi connectivity index (χ0) is 0. The van der Waals surface area contributed by atoms with Gasteiger partial charge in [-0.15, -0.1) is 0 Å². The molecule has 0 aromatic heterocycles. The van der Waals surface area contributed by atoms with Crippen molar-refractivity contribution in [1.29, 1.82) is 0 Å². The Balaban J connectivity index is 0. The van der Waals surface area contributed by atoms with E-state index in [1.54, 1.807) is 0 Å². The van der Waals surface area contributed by atoms with Gasteiger partial charge in [-0.25, -0.2) is 0 Å². The molecular weight excluding hydrogens is 151 g/mol. The normalized spacial score (nSPS) is 0. The molecule has 18 valence electrons. The van der Waals surface area contributed by atoms with Gasteiger partial charge >= 0.3 is 118 Å². The van der Waals surface area contributed by atoms with Crippen LogP contribution in [-0.2, 0) is 16.5 Å². The van der Waals surface area contributed by atoms with E-state index in [1.807, 2.05) is 0 Å². The second kappa shape index (κ2) is 23.6. The first-order valence-corrected chi connectivity index (χ1v) is 0. The molecule has 0 bridgehead atoms. The van der Waals surface area contributed by atoms with Gasteiger partial charge in [0.2, 0.25) is 0 Å². The largest absolute Gasteiger partial charge is 1.00 e. The molecule has 5 heavy (non-hydrogen) atoms. The van der Waals surface area contributed by atoms with E-state index >= 15 is 0 Å². The van der Waals surface area contributed by atoms with E-state index in [0.717, 1.165) is 0 Å².